The number of nitro groups is 1. The number of rotatable bonds is 2. The maximum Gasteiger partial charge on any atom is 0.348 e. The van der Waals surface area contributed by atoms with Crippen molar-refractivity contribution in [2.24, 2.45) is 0 Å². The average Bonchev–Trinajstić information content (AvgIpc) is 2.26. The van der Waals surface area contributed by atoms with Gasteiger partial charge in [0.1, 0.15) is 6.33 Å². The average molecular weight is 289 g/mol. The lowest BCUT2D eigenvalue weighted by atomic mass is 10.2. The molecule has 0 radical (unpaired) electrons. The third-order valence-corrected chi connectivity index (χ3v) is 4.24. The van der Waals surface area contributed by atoms with Crippen LogP contribution in [0.15, 0.2) is 6.33 Å². The molecule has 1 aliphatic rings. The van der Waals surface area contributed by atoms with Gasteiger partial charge in [-0.2, -0.15) is 11.8 Å². The van der Waals surface area contributed by atoms with Gasteiger partial charge in [-0.15, -0.1) is 0 Å². The van der Waals surface area contributed by atoms with Gasteiger partial charge in [-0.1, -0.05) is 11.6 Å². The lowest BCUT2D eigenvalue weighted by molar-refractivity contribution is -0.384. The summed E-state index contributed by atoms with van der Waals surface area (Å²) in [4.78, 5) is 20.1. The molecule has 0 atom stereocenters. The summed E-state index contributed by atoms with van der Waals surface area (Å²) in [6.45, 7) is 5.64. The number of hydrogen-bond acceptors (Lipinski definition) is 6. The fraction of sp³-hybridized carbons (Fsp3) is 0.600. The van der Waals surface area contributed by atoms with Gasteiger partial charge in [0, 0.05) is 23.6 Å². The summed E-state index contributed by atoms with van der Waals surface area (Å²) in [5.74, 6) is 1.22. The van der Waals surface area contributed by atoms with Gasteiger partial charge < -0.3 is 4.90 Å². The van der Waals surface area contributed by atoms with Crippen LogP contribution >= 0.6 is 23.4 Å². The maximum absolute atomic E-state index is 11.1. The van der Waals surface area contributed by atoms with Crippen LogP contribution in [0, 0.1) is 10.1 Å². The highest BCUT2D eigenvalue weighted by molar-refractivity contribution is 8.00. The lowest BCUT2D eigenvalue weighted by Crippen LogP contribution is -2.43. The second-order valence-electron chi connectivity index (χ2n) is 4.62. The van der Waals surface area contributed by atoms with E-state index in [0.29, 0.717) is 12.4 Å². The van der Waals surface area contributed by atoms with Crippen molar-refractivity contribution in [1.29, 1.82) is 0 Å². The SMILES string of the molecule is CC1(C)CN(c2ncnc(Cl)c2[N+](=O)[O-])CCS1. The highest BCUT2D eigenvalue weighted by atomic mass is 35.5. The van der Waals surface area contributed by atoms with Gasteiger partial charge in [0.2, 0.25) is 11.0 Å². The van der Waals surface area contributed by atoms with Gasteiger partial charge in [0.25, 0.3) is 0 Å². The maximum atomic E-state index is 11.1. The van der Waals surface area contributed by atoms with Crippen molar-refractivity contribution in [3.8, 4) is 0 Å². The predicted molar refractivity (Wildman–Crippen MR) is 72.4 cm³/mol. The molecule has 1 aromatic rings. The van der Waals surface area contributed by atoms with Crippen molar-refractivity contribution in [2.75, 3.05) is 23.7 Å². The molecule has 8 heteroatoms. The van der Waals surface area contributed by atoms with Crippen molar-refractivity contribution < 1.29 is 4.92 Å². The molecule has 1 saturated heterocycles. The van der Waals surface area contributed by atoms with E-state index in [0.717, 1.165) is 12.3 Å². The smallest absolute Gasteiger partial charge is 0.348 e. The van der Waals surface area contributed by atoms with E-state index in [9.17, 15) is 10.1 Å². The summed E-state index contributed by atoms with van der Waals surface area (Å²) in [7, 11) is 0. The van der Waals surface area contributed by atoms with Crippen molar-refractivity contribution in [3.05, 3.63) is 21.6 Å². The zero-order valence-electron chi connectivity index (χ0n) is 10.1. The topological polar surface area (TPSA) is 72.2 Å². The molecular weight excluding hydrogens is 276 g/mol. The standard InChI is InChI=1S/C10H13ClN4O2S/c1-10(2)5-14(3-4-18-10)9-7(15(16)17)8(11)12-6-13-9/h6H,3-5H2,1-2H3. The first-order valence-electron chi connectivity index (χ1n) is 5.44. The highest BCUT2D eigenvalue weighted by Gasteiger charge is 2.33. The summed E-state index contributed by atoms with van der Waals surface area (Å²) in [6, 6.07) is 0. The van der Waals surface area contributed by atoms with Crippen LogP contribution < -0.4 is 4.90 Å². The minimum absolute atomic E-state index is 0.0452. The van der Waals surface area contributed by atoms with E-state index in [4.69, 9.17) is 11.6 Å². The Kier molecular flexibility index (Phi) is 3.63. The predicted octanol–water partition coefficient (Wildman–Crippen LogP) is 2.37. The van der Waals surface area contributed by atoms with Crippen LogP contribution in [0.25, 0.3) is 0 Å². The second-order valence-corrected chi connectivity index (χ2v) is 6.78. The van der Waals surface area contributed by atoms with E-state index in [1.54, 1.807) is 0 Å². The van der Waals surface area contributed by atoms with E-state index in [1.807, 2.05) is 16.7 Å². The molecule has 1 fully saturated rings. The van der Waals surface area contributed by atoms with Crippen LogP contribution in [0.5, 0.6) is 0 Å². The summed E-state index contributed by atoms with van der Waals surface area (Å²) in [5, 5.41) is 10.9. The zero-order valence-corrected chi connectivity index (χ0v) is 11.7. The molecule has 0 saturated carbocycles. The first kappa shape index (κ1) is 13.4. The van der Waals surface area contributed by atoms with E-state index < -0.39 is 4.92 Å². The van der Waals surface area contributed by atoms with Crippen LogP contribution in [0.4, 0.5) is 11.5 Å². The molecule has 0 aromatic carbocycles. The Morgan fingerprint density at radius 3 is 2.89 bits per heavy atom. The summed E-state index contributed by atoms with van der Waals surface area (Å²) < 4.78 is 0.0452. The minimum Gasteiger partial charge on any atom is -0.349 e. The summed E-state index contributed by atoms with van der Waals surface area (Å²) in [6.07, 6.45) is 1.26. The van der Waals surface area contributed by atoms with Gasteiger partial charge in [0.05, 0.1) is 4.92 Å². The van der Waals surface area contributed by atoms with Crippen LogP contribution in [0.3, 0.4) is 0 Å². The first-order chi connectivity index (χ1) is 8.41. The number of anilines is 1. The molecule has 18 heavy (non-hydrogen) atoms. The van der Waals surface area contributed by atoms with Crippen LogP contribution in [-0.4, -0.2) is 38.5 Å². The highest BCUT2D eigenvalue weighted by Crippen LogP contribution is 2.36. The molecule has 0 bridgehead atoms. The number of halogens is 1. The second kappa shape index (κ2) is 4.89. The van der Waals surface area contributed by atoms with Crippen molar-refractivity contribution in [3.63, 3.8) is 0 Å². The Labute approximate surface area is 114 Å². The van der Waals surface area contributed by atoms with Crippen LogP contribution in [0.1, 0.15) is 13.8 Å². The molecule has 98 valence electrons. The zero-order chi connectivity index (χ0) is 13.3. The Balaban J connectivity index is 2.39. The Morgan fingerprint density at radius 1 is 1.56 bits per heavy atom. The molecule has 0 N–H and O–H groups in total. The number of aromatic nitrogens is 2. The van der Waals surface area contributed by atoms with Gasteiger partial charge in [-0.05, 0) is 13.8 Å². The molecule has 6 nitrogen and oxygen atoms in total. The normalized spacial score (nSPS) is 18.7. The Morgan fingerprint density at radius 2 is 2.28 bits per heavy atom. The molecule has 0 amide bonds. The third-order valence-electron chi connectivity index (χ3n) is 2.67. The number of hydrogen-bond donors (Lipinski definition) is 0. The van der Waals surface area contributed by atoms with E-state index in [2.05, 4.69) is 23.8 Å². The Hall–Kier alpha value is -1.08. The number of thioether (sulfide) groups is 1. The first-order valence-corrected chi connectivity index (χ1v) is 6.81. The molecule has 2 rings (SSSR count). The summed E-state index contributed by atoms with van der Waals surface area (Å²) in [5.41, 5.74) is -0.207. The molecule has 0 aliphatic carbocycles. The van der Waals surface area contributed by atoms with Crippen molar-refractivity contribution >= 4 is 34.9 Å². The van der Waals surface area contributed by atoms with Crippen LogP contribution in [0.2, 0.25) is 5.15 Å². The van der Waals surface area contributed by atoms with E-state index in [1.165, 1.54) is 6.33 Å². The molecular formula is C10H13ClN4O2S. The molecule has 0 spiro atoms. The molecule has 1 aliphatic heterocycles. The fourth-order valence-electron chi connectivity index (χ4n) is 1.93. The molecule has 2 heterocycles. The lowest BCUT2D eigenvalue weighted by Gasteiger charge is -2.37. The summed E-state index contributed by atoms with van der Waals surface area (Å²) >= 11 is 7.64. The van der Waals surface area contributed by atoms with Crippen LogP contribution in [-0.2, 0) is 0 Å². The van der Waals surface area contributed by atoms with Crippen molar-refractivity contribution in [1.82, 2.24) is 9.97 Å². The van der Waals surface area contributed by atoms with E-state index >= 15 is 0 Å². The molecule has 1 aromatic heterocycles. The Bertz CT molecular complexity index is 483. The number of nitrogens with zero attached hydrogens (tertiary/aromatic N) is 4. The third kappa shape index (κ3) is 2.67. The van der Waals surface area contributed by atoms with Gasteiger partial charge >= 0.3 is 5.69 Å². The van der Waals surface area contributed by atoms with Crippen molar-refractivity contribution in [2.45, 2.75) is 18.6 Å². The van der Waals surface area contributed by atoms with Gasteiger partial charge in [-0.3, -0.25) is 10.1 Å². The minimum atomic E-state index is -0.521. The quantitative estimate of drug-likeness (QED) is 0.473. The monoisotopic (exact) mass is 288 g/mol. The van der Waals surface area contributed by atoms with Gasteiger partial charge in [0.15, 0.2) is 0 Å². The molecule has 0 unspecified atom stereocenters. The largest absolute Gasteiger partial charge is 0.349 e. The fourth-order valence-corrected chi connectivity index (χ4v) is 3.24. The van der Waals surface area contributed by atoms with E-state index in [-0.39, 0.29) is 15.6 Å². The van der Waals surface area contributed by atoms with Gasteiger partial charge in [-0.25, -0.2) is 9.97 Å².